The molecule has 0 aromatic heterocycles. The Bertz CT molecular complexity index is 545. The van der Waals surface area contributed by atoms with Gasteiger partial charge in [-0.3, -0.25) is 0 Å². The Kier molecular flexibility index (Phi) is 4.13. The van der Waals surface area contributed by atoms with Crippen LogP contribution in [0.25, 0.3) is 0 Å². The molecule has 1 aromatic carbocycles. The molecule has 1 aliphatic heterocycles. The summed E-state index contributed by atoms with van der Waals surface area (Å²) in [6.07, 6.45) is 1.00. The summed E-state index contributed by atoms with van der Waals surface area (Å²) in [5.74, 6) is 0.431. The van der Waals surface area contributed by atoms with Crippen molar-refractivity contribution in [3.05, 3.63) is 24.3 Å². The molecule has 1 saturated heterocycles. The van der Waals surface area contributed by atoms with Crippen LogP contribution in [0, 0.1) is 5.92 Å². The van der Waals surface area contributed by atoms with Crippen LogP contribution in [0.5, 0.6) is 0 Å². The summed E-state index contributed by atoms with van der Waals surface area (Å²) in [4.78, 5) is 2.48. The SMILES string of the molecule is CNS(=O)(=O)c1ccccc1N1CC(CN)CC1C. The number of rotatable bonds is 4. The first kappa shape index (κ1) is 14.3. The number of hydrogen-bond acceptors (Lipinski definition) is 4. The van der Waals surface area contributed by atoms with Crippen molar-refractivity contribution in [2.75, 3.05) is 25.0 Å². The van der Waals surface area contributed by atoms with Crippen molar-refractivity contribution in [2.45, 2.75) is 24.3 Å². The van der Waals surface area contributed by atoms with E-state index in [9.17, 15) is 8.42 Å². The number of nitrogens with one attached hydrogen (secondary N) is 1. The fourth-order valence-electron chi connectivity index (χ4n) is 2.68. The van der Waals surface area contributed by atoms with E-state index in [0.29, 0.717) is 23.4 Å². The van der Waals surface area contributed by atoms with Crippen LogP contribution in [-0.2, 0) is 10.0 Å². The van der Waals surface area contributed by atoms with Gasteiger partial charge in [-0.25, -0.2) is 13.1 Å². The second-order valence-corrected chi connectivity index (χ2v) is 6.87. The van der Waals surface area contributed by atoms with E-state index in [2.05, 4.69) is 16.5 Å². The Morgan fingerprint density at radius 1 is 1.42 bits per heavy atom. The fourth-order valence-corrected chi connectivity index (χ4v) is 3.62. The third-order valence-corrected chi connectivity index (χ3v) is 5.19. The predicted octanol–water partition coefficient (Wildman–Crippen LogP) is 0.768. The van der Waals surface area contributed by atoms with Crippen molar-refractivity contribution < 1.29 is 8.42 Å². The molecule has 1 fully saturated rings. The Balaban J connectivity index is 2.41. The summed E-state index contributed by atoms with van der Waals surface area (Å²) in [5.41, 5.74) is 6.49. The number of nitrogens with zero attached hydrogens (tertiary/aromatic N) is 1. The zero-order valence-corrected chi connectivity index (χ0v) is 12.2. The van der Waals surface area contributed by atoms with Gasteiger partial charge in [-0.05, 0) is 45.0 Å². The van der Waals surface area contributed by atoms with Gasteiger partial charge < -0.3 is 10.6 Å². The molecular weight excluding hydrogens is 262 g/mol. The third kappa shape index (κ3) is 2.75. The summed E-state index contributed by atoms with van der Waals surface area (Å²) >= 11 is 0. The van der Waals surface area contributed by atoms with E-state index in [-0.39, 0.29) is 0 Å². The predicted molar refractivity (Wildman–Crippen MR) is 76.7 cm³/mol. The molecule has 1 heterocycles. The first-order valence-corrected chi connectivity index (χ1v) is 7.97. The van der Waals surface area contributed by atoms with Gasteiger partial charge in [0, 0.05) is 12.6 Å². The van der Waals surface area contributed by atoms with Gasteiger partial charge in [0.1, 0.15) is 4.90 Å². The maximum atomic E-state index is 12.1. The minimum absolute atomic E-state index is 0.307. The van der Waals surface area contributed by atoms with Crippen molar-refractivity contribution in [1.29, 1.82) is 0 Å². The lowest BCUT2D eigenvalue weighted by molar-refractivity contribution is 0.579. The lowest BCUT2D eigenvalue weighted by Gasteiger charge is -2.26. The van der Waals surface area contributed by atoms with Crippen LogP contribution in [0.4, 0.5) is 5.69 Å². The molecule has 0 radical (unpaired) electrons. The Labute approximate surface area is 114 Å². The van der Waals surface area contributed by atoms with Crippen LogP contribution >= 0.6 is 0 Å². The minimum atomic E-state index is -3.44. The van der Waals surface area contributed by atoms with Gasteiger partial charge in [0.05, 0.1) is 5.69 Å². The minimum Gasteiger partial charge on any atom is -0.367 e. The number of sulfonamides is 1. The van der Waals surface area contributed by atoms with Crippen molar-refractivity contribution in [3.63, 3.8) is 0 Å². The summed E-state index contributed by atoms with van der Waals surface area (Å²) in [7, 11) is -2.00. The number of benzene rings is 1. The van der Waals surface area contributed by atoms with Crippen molar-refractivity contribution in [2.24, 2.45) is 11.7 Å². The van der Waals surface area contributed by atoms with Crippen molar-refractivity contribution >= 4 is 15.7 Å². The van der Waals surface area contributed by atoms with Gasteiger partial charge in [0.15, 0.2) is 0 Å². The molecule has 0 saturated carbocycles. The first-order valence-electron chi connectivity index (χ1n) is 6.49. The highest BCUT2D eigenvalue weighted by Gasteiger charge is 2.31. The highest BCUT2D eigenvalue weighted by Crippen LogP contribution is 2.32. The molecule has 6 heteroatoms. The van der Waals surface area contributed by atoms with Gasteiger partial charge in [-0.2, -0.15) is 0 Å². The largest absolute Gasteiger partial charge is 0.367 e. The van der Waals surface area contributed by atoms with E-state index in [4.69, 9.17) is 5.73 Å². The monoisotopic (exact) mass is 283 g/mol. The van der Waals surface area contributed by atoms with E-state index in [1.165, 1.54) is 7.05 Å². The molecule has 2 rings (SSSR count). The van der Waals surface area contributed by atoms with Gasteiger partial charge in [0.2, 0.25) is 10.0 Å². The van der Waals surface area contributed by atoms with Gasteiger partial charge in [-0.1, -0.05) is 12.1 Å². The average molecular weight is 283 g/mol. The second-order valence-electron chi connectivity index (χ2n) is 5.01. The van der Waals surface area contributed by atoms with E-state index < -0.39 is 10.0 Å². The van der Waals surface area contributed by atoms with Crippen LogP contribution < -0.4 is 15.4 Å². The molecule has 0 amide bonds. The number of anilines is 1. The lowest BCUT2D eigenvalue weighted by Crippen LogP contribution is -2.30. The molecule has 2 unspecified atom stereocenters. The lowest BCUT2D eigenvalue weighted by atomic mass is 10.1. The van der Waals surface area contributed by atoms with E-state index in [1.807, 2.05) is 12.1 Å². The third-order valence-electron chi connectivity index (χ3n) is 3.73. The molecule has 5 nitrogen and oxygen atoms in total. The van der Waals surface area contributed by atoms with Crippen LogP contribution in [0.1, 0.15) is 13.3 Å². The zero-order chi connectivity index (χ0) is 14.0. The normalized spacial score (nSPS) is 23.8. The molecule has 19 heavy (non-hydrogen) atoms. The van der Waals surface area contributed by atoms with Crippen molar-refractivity contribution in [1.82, 2.24) is 4.72 Å². The van der Waals surface area contributed by atoms with Gasteiger partial charge in [-0.15, -0.1) is 0 Å². The molecule has 1 aliphatic rings. The van der Waals surface area contributed by atoms with Crippen LogP contribution in [-0.4, -0.2) is 34.6 Å². The van der Waals surface area contributed by atoms with Gasteiger partial charge >= 0.3 is 0 Å². The Morgan fingerprint density at radius 3 is 2.68 bits per heavy atom. The van der Waals surface area contributed by atoms with Crippen LogP contribution in [0.3, 0.4) is 0 Å². The number of hydrogen-bond donors (Lipinski definition) is 2. The fraction of sp³-hybridized carbons (Fsp3) is 0.538. The molecule has 0 spiro atoms. The Hall–Kier alpha value is -1.11. The average Bonchev–Trinajstić information content (AvgIpc) is 2.80. The molecule has 2 atom stereocenters. The summed E-state index contributed by atoms with van der Waals surface area (Å²) in [6.45, 7) is 3.56. The smallest absolute Gasteiger partial charge is 0.242 e. The maximum absolute atomic E-state index is 12.1. The summed E-state index contributed by atoms with van der Waals surface area (Å²) < 4.78 is 26.5. The molecule has 0 bridgehead atoms. The van der Waals surface area contributed by atoms with Gasteiger partial charge in [0.25, 0.3) is 0 Å². The molecule has 3 N–H and O–H groups in total. The Morgan fingerprint density at radius 2 is 2.11 bits per heavy atom. The number of nitrogens with two attached hydrogens (primary N) is 1. The molecular formula is C13H21N3O2S. The van der Waals surface area contributed by atoms with Crippen LogP contribution in [0.15, 0.2) is 29.2 Å². The number of para-hydroxylation sites is 1. The first-order chi connectivity index (χ1) is 8.99. The second kappa shape index (κ2) is 5.48. The highest BCUT2D eigenvalue weighted by atomic mass is 32.2. The van der Waals surface area contributed by atoms with E-state index >= 15 is 0 Å². The maximum Gasteiger partial charge on any atom is 0.242 e. The standard InChI is InChI=1S/C13H21N3O2S/c1-10-7-11(8-14)9-16(10)12-5-3-4-6-13(12)19(17,18)15-2/h3-6,10-11,15H,7-9,14H2,1-2H3. The van der Waals surface area contributed by atoms with Crippen molar-refractivity contribution in [3.8, 4) is 0 Å². The zero-order valence-electron chi connectivity index (χ0n) is 11.3. The topological polar surface area (TPSA) is 75.4 Å². The summed E-state index contributed by atoms with van der Waals surface area (Å²) in [5, 5.41) is 0. The molecule has 1 aromatic rings. The summed E-state index contributed by atoms with van der Waals surface area (Å²) in [6, 6.07) is 7.42. The molecule has 106 valence electrons. The highest BCUT2D eigenvalue weighted by molar-refractivity contribution is 7.89. The van der Waals surface area contributed by atoms with E-state index in [1.54, 1.807) is 12.1 Å². The quantitative estimate of drug-likeness (QED) is 0.856. The molecule has 0 aliphatic carbocycles. The van der Waals surface area contributed by atoms with Crippen LogP contribution in [0.2, 0.25) is 0 Å². The van der Waals surface area contributed by atoms with E-state index in [0.717, 1.165) is 18.7 Å².